The fourth-order valence-electron chi connectivity index (χ4n) is 2.49. The number of non-ortho nitro benzene ring substituents is 1. The number of anilines is 1. The van der Waals surface area contributed by atoms with Gasteiger partial charge in [-0.25, -0.2) is 4.63 Å². The van der Waals surface area contributed by atoms with Crippen molar-refractivity contribution in [1.82, 2.24) is 10.3 Å². The lowest BCUT2D eigenvalue weighted by molar-refractivity contribution is -0.383. The molecule has 1 fully saturated rings. The van der Waals surface area contributed by atoms with E-state index in [4.69, 9.17) is 9.84 Å². The van der Waals surface area contributed by atoms with Gasteiger partial charge in [0.25, 0.3) is 0 Å². The van der Waals surface area contributed by atoms with E-state index in [9.17, 15) is 20.3 Å². The van der Waals surface area contributed by atoms with Crippen LogP contribution in [0.15, 0.2) is 16.8 Å². The molecule has 11 nitrogen and oxygen atoms in total. The van der Waals surface area contributed by atoms with Gasteiger partial charge in [-0.1, -0.05) is 0 Å². The van der Waals surface area contributed by atoms with Crippen LogP contribution in [-0.2, 0) is 4.74 Å². The summed E-state index contributed by atoms with van der Waals surface area (Å²) in [5.41, 5.74) is 0.187. The molecule has 11 heteroatoms. The first-order valence-corrected chi connectivity index (χ1v) is 6.77. The Balaban J connectivity index is 1.86. The van der Waals surface area contributed by atoms with Gasteiger partial charge in [-0.15, -0.1) is 0 Å². The number of fused-ring (bicyclic) bond motifs is 1. The van der Waals surface area contributed by atoms with E-state index in [2.05, 4.69) is 20.3 Å². The minimum absolute atomic E-state index is 0.0210. The minimum atomic E-state index is -1.27. The molecule has 0 radical (unpaired) electrons. The molecule has 4 atom stereocenters. The topological polar surface area (TPSA) is 164 Å². The van der Waals surface area contributed by atoms with E-state index in [1.807, 2.05) is 0 Å². The molecule has 4 N–H and O–H groups in total. The molecule has 0 amide bonds. The lowest BCUT2D eigenvalue weighted by Gasteiger charge is -2.37. The predicted octanol–water partition coefficient (Wildman–Crippen LogP) is -0.976. The number of nitrogens with one attached hydrogen (secondary N) is 1. The molecule has 2 aromatic rings. The predicted molar refractivity (Wildman–Crippen MR) is 74.7 cm³/mol. The third-order valence-corrected chi connectivity index (χ3v) is 3.74. The van der Waals surface area contributed by atoms with Crippen molar-refractivity contribution in [3.63, 3.8) is 0 Å². The average molecular weight is 326 g/mol. The number of hydrogen-bond acceptors (Lipinski definition) is 10. The Bertz CT molecular complexity index is 720. The lowest BCUT2D eigenvalue weighted by Crippen LogP contribution is -2.56. The van der Waals surface area contributed by atoms with Crippen LogP contribution in [-0.4, -0.2) is 68.1 Å². The monoisotopic (exact) mass is 326 g/mol. The van der Waals surface area contributed by atoms with Crippen LogP contribution < -0.4 is 5.32 Å². The van der Waals surface area contributed by atoms with Crippen molar-refractivity contribution in [2.75, 3.05) is 18.5 Å². The van der Waals surface area contributed by atoms with Gasteiger partial charge in [0.05, 0.1) is 29.9 Å². The summed E-state index contributed by atoms with van der Waals surface area (Å²) in [7, 11) is 0. The van der Waals surface area contributed by atoms with Gasteiger partial charge in [-0.3, -0.25) is 10.1 Å². The molecule has 2 heterocycles. The number of hydrogen-bond donors (Lipinski definition) is 4. The van der Waals surface area contributed by atoms with Crippen LogP contribution in [0.25, 0.3) is 11.0 Å². The number of rotatable bonds is 4. The highest BCUT2D eigenvalue weighted by Gasteiger charge is 2.38. The van der Waals surface area contributed by atoms with E-state index in [0.717, 1.165) is 0 Å². The van der Waals surface area contributed by atoms with E-state index >= 15 is 0 Å². The Morgan fingerprint density at radius 3 is 2.74 bits per heavy atom. The molecule has 1 aliphatic heterocycles. The fourth-order valence-corrected chi connectivity index (χ4v) is 2.49. The highest BCUT2D eigenvalue weighted by Crippen LogP contribution is 2.30. The SMILES string of the molecule is O=[N+]([O-])c1ccc(NC2COC(CO)[C@H](O)C2O)c2nonc12. The molecule has 3 rings (SSSR count). The van der Waals surface area contributed by atoms with Crippen molar-refractivity contribution >= 4 is 22.4 Å². The molecule has 1 aromatic heterocycles. The second-order valence-corrected chi connectivity index (χ2v) is 5.14. The maximum atomic E-state index is 10.9. The smallest absolute Gasteiger partial charge is 0.300 e. The average Bonchev–Trinajstić information content (AvgIpc) is 3.01. The van der Waals surface area contributed by atoms with Gasteiger partial charge < -0.3 is 25.4 Å². The molecule has 3 unspecified atom stereocenters. The van der Waals surface area contributed by atoms with Gasteiger partial charge in [0.2, 0.25) is 5.52 Å². The molecular formula is C12H14N4O7. The van der Waals surface area contributed by atoms with Crippen LogP contribution in [0.3, 0.4) is 0 Å². The van der Waals surface area contributed by atoms with Crippen molar-refractivity contribution in [2.24, 2.45) is 0 Å². The van der Waals surface area contributed by atoms with Gasteiger partial charge in [-0.05, 0) is 16.4 Å². The van der Waals surface area contributed by atoms with Crippen LogP contribution in [0.2, 0.25) is 0 Å². The first kappa shape index (κ1) is 15.6. The van der Waals surface area contributed by atoms with Gasteiger partial charge >= 0.3 is 5.69 Å². The van der Waals surface area contributed by atoms with Gasteiger partial charge in [0.1, 0.15) is 18.3 Å². The number of nitrogens with zero attached hydrogens (tertiary/aromatic N) is 3. The Morgan fingerprint density at radius 1 is 1.30 bits per heavy atom. The molecule has 0 saturated carbocycles. The number of ether oxygens (including phenoxy) is 1. The highest BCUT2D eigenvalue weighted by molar-refractivity contribution is 5.93. The maximum absolute atomic E-state index is 10.9. The van der Waals surface area contributed by atoms with E-state index in [1.165, 1.54) is 12.1 Å². The van der Waals surface area contributed by atoms with Crippen molar-refractivity contribution < 1.29 is 29.6 Å². The standard InChI is InChI=1S/C12H14N4O7/c17-3-8-12(19)11(18)6(4-22-8)13-5-1-2-7(16(20)21)10-9(5)14-23-15-10/h1-2,6,8,11-13,17-19H,3-4H2/t6?,8?,11?,12-/m0/s1. The molecule has 1 aliphatic rings. The molecule has 0 spiro atoms. The van der Waals surface area contributed by atoms with Gasteiger partial charge in [0.15, 0.2) is 5.52 Å². The zero-order chi connectivity index (χ0) is 16.6. The molecule has 23 heavy (non-hydrogen) atoms. The van der Waals surface area contributed by atoms with E-state index in [1.54, 1.807) is 0 Å². The molecule has 1 saturated heterocycles. The summed E-state index contributed by atoms with van der Waals surface area (Å²) in [5.74, 6) is 0. The number of nitro groups is 1. The number of aliphatic hydroxyl groups excluding tert-OH is 3. The summed E-state index contributed by atoms with van der Waals surface area (Å²) in [6, 6.07) is 1.94. The van der Waals surface area contributed by atoms with Crippen LogP contribution >= 0.6 is 0 Å². The Labute approximate surface area is 128 Å². The highest BCUT2D eigenvalue weighted by atomic mass is 16.6. The third kappa shape index (κ3) is 2.70. The summed E-state index contributed by atoms with van der Waals surface area (Å²) in [5, 5.41) is 50.0. The second-order valence-electron chi connectivity index (χ2n) is 5.14. The van der Waals surface area contributed by atoms with E-state index < -0.39 is 35.9 Å². The zero-order valence-electron chi connectivity index (χ0n) is 11.7. The van der Waals surface area contributed by atoms with Crippen molar-refractivity contribution in [3.8, 4) is 0 Å². The van der Waals surface area contributed by atoms with Crippen LogP contribution in [0.1, 0.15) is 0 Å². The third-order valence-electron chi connectivity index (χ3n) is 3.74. The molecule has 124 valence electrons. The second kappa shape index (κ2) is 6.04. The van der Waals surface area contributed by atoms with Crippen LogP contribution in [0, 0.1) is 10.1 Å². The minimum Gasteiger partial charge on any atom is -0.394 e. The Hall–Kier alpha value is -2.34. The van der Waals surface area contributed by atoms with E-state index in [-0.39, 0.29) is 23.3 Å². The number of aromatic nitrogens is 2. The largest absolute Gasteiger partial charge is 0.394 e. The summed E-state index contributed by atoms with van der Waals surface area (Å²) in [6.07, 6.45) is -3.34. The van der Waals surface area contributed by atoms with Crippen LogP contribution in [0.5, 0.6) is 0 Å². The number of benzene rings is 1. The van der Waals surface area contributed by atoms with Crippen LogP contribution in [0.4, 0.5) is 11.4 Å². The fraction of sp³-hybridized carbons (Fsp3) is 0.500. The first-order valence-electron chi connectivity index (χ1n) is 6.77. The summed E-state index contributed by atoms with van der Waals surface area (Å²) < 4.78 is 9.81. The lowest BCUT2D eigenvalue weighted by atomic mass is 9.98. The van der Waals surface area contributed by atoms with Gasteiger partial charge in [0, 0.05) is 6.07 Å². The number of aliphatic hydroxyl groups is 3. The summed E-state index contributed by atoms with van der Waals surface area (Å²) in [6.45, 7) is -0.396. The van der Waals surface area contributed by atoms with Crippen molar-refractivity contribution in [1.29, 1.82) is 0 Å². The van der Waals surface area contributed by atoms with Gasteiger partial charge in [-0.2, -0.15) is 0 Å². The molecular weight excluding hydrogens is 312 g/mol. The maximum Gasteiger partial charge on any atom is 0.300 e. The normalized spacial score (nSPS) is 28.0. The Morgan fingerprint density at radius 2 is 2.04 bits per heavy atom. The summed E-state index contributed by atoms with van der Waals surface area (Å²) in [4.78, 5) is 10.3. The molecule has 1 aromatic carbocycles. The zero-order valence-corrected chi connectivity index (χ0v) is 11.7. The first-order chi connectivity index (χ1) is 11.0. The van der Waals surface area contributed by atoms with Crippen molar-refractivity contribution in [3.05, 3.63) is 22.2 Å². The number of nitro benzene ring substituents is 1. The Kier molecular flexibility index (Phi) is 4.09. The molecule has 0 bridgehead atoms. The van der Waals surface area contributed by atoms with Crippen molar-refractivity contribution in [2.45, 2.75) is 24.4 Å². The quantitative estimate of drug-likeness (QED) is 0.405. The summed E-state index contributed by atoms with van der Waals surface area (Å²) >= 11 is 0. The molecule has 0 aliphatic carbocycles. The van der Waals surface area contributed by atoms with E-state index in [0.29, 0.717) is 5.69 Å².